The minimum atomic E-state index is -0.231. The molecule has 1 rings (SSSR count). The van der Waals surface area contributed by atoms with Crippen LogP contribution in [0.15, 0.2) is 12.1 Å². The third kappa shape index (κ3) is 1.21. The van der Waals surface area contributed by atoms with Gasteiger partial charge in [-0.15, -0.1) is 0 Å². The van der Waals surface area contributed by atoms with Gasteiger partial charge in [-0.1, -0.05) is 0 Å². The molecule has 0 saturated heterocycles. The highest BCUT2D eigenvalue weighted by Crippen LogP contribution is 2.22. The van der Waals surface area contributed by atoms with Crippen molar-refractivity contribution in [3.05, 3.63) is 28.8 Å². The molecular formula is C9H6N2O. The highest BCUT2D eigenvalue weighted by molar-refractivity contribution is 5.54. The molecule has 3 nitrogen and oxygen atoms in total. The molecule has 0 atom stereocenters. The number of hydrogen-bond acceptors (Lipinski definition) is 3. The third-order valence-electron chi connectivity index (χ3n) is 1.50. The van der Waals surface area contributed by atoms with Crippen LogP contribution in [-0.4, -0.2) is 5.11 Å². The molecule has 0 heterocycles. The van der Waals surface area contributed by atoms with Gasteiger partial charge in [0, 0.05) is 0 Å². The Balaban J connectivity index is 3.48. The van der Waals surface area contributed by atoms with Crippen LogP contribution in [0.4, 0.5) is 0 Å². The Bertz CT molecular complexity index is 361. The minimum Gasteiger partial charge on any atom is -0.505 e. The fraction of sp³-hybridized carbons (Fsp3) is 0.111. The first kappa shape index (κ1) is 8.10. The molecule has 0 amide bonds. The van der Waals surface area contributed by atoms with Crippen LogP contribution in [0.1, 0.15) is 16.7 Å². The van der Waals surface area contributed by atoms with E-state index < -0.39 is 0 Å². The van der Waals surface area contributed by atoms with Crippen molar-refractivity contribution in [3.8, 4) is 17.9 Å². The molecule has 0 unspecified atom stereocenters. The number of hydrogen-bond donors (Lipinski definition) is 1. The van der Waals surface area contributed by atoms with E-state index >= 15 is 0 Å². The summed E-state index contributed by atoms with van der Waals surface area (Å²) in [6.45, 7) is 1.76. The lowest BCUT2D eigenvalue weighted by molar-refractivity contribution is 0.471. The van der Waals surface area contributed by atoms with E-state index in [4.69, 9.17) is 10.5 Å². The van der Waals surface area contributed by atoms with E-state index in [9.17, 15) is 5.11 Å². The molecule has 0 bridgehead atoms. The van der Waals surface area contributed by atoms with Gasteiger partial charge in [0.15, 0.2) is 5.75 Å². The molecule has 58 valence electrons. The lowest BCUT2D eigenvalue weighted by Gasteiger charge is -1.99. The first-order chi connectivity index (χ1) is 5.69. The van der Waals surface area contributed by atoms with Crippen molar-refractivity contribution in [1.82, 2.24) is 0 Å². The first-order valence-corrected chi connectivity index (χ1v) is 3.33. The van der Waals surface area contributed by atoms with Crippen molar-refractivity contribution in [3.63, 3.8) is 0 Å². The monoisotopic (exact) mass is 158 g/mol. The molecule has 0 radical (unpaired) electrons. The van der Waals surface area contributed by atoms with Crippen LogP contribution in [0.2, 0.25) is 0 Å². The zero-order valence-electron chi connectivity index (χ0n) is 6.50. The molecule has 1 aromatic carbocycles. The summed E-state index contributed by atoms with van der Waals surface area (Å²) >= 11 is 0. The highest BCUT2D eigenvalue weighted by atomic mass is 16.3. The van der Waals surface area contributed by atoms with Crippen LogP contribution >= 0.6 is 0 Å². The molecular weight excluding hydrogens is 152 g/mol. The van der Waals surface area contributed by atoms with Crippen LogP contribution in [0, 0.1) is 29.6 Å². The number of phenols is 1. The third-order valence-corrected chi connectivity index (χ3v) is 1.50. The molecule has 1 aromatic rings. The van der Waals surface area contributed by atoms with Crippen LogP contribution in [0.5, 0.6) is 5.75 Å². The Kier molecular flexibility index (Phi) is 1.98. The van der Waals surface area contributed by atoms with Gasteiger partial charge in [-0.2, -0.15) is 10.5 Å². The van der Waals surface area contributed by atoms with E-state index in [2.05, 4.69) is 0 Å². The first-order valence-electron chi connectivity index (χ1n) is 3.33. The van der Waals surface area contributed by atoms with Crippen molar-refractivity contribution in [2.75, 3.05) is 0 Å². The van der Waals surface area contributed by atoms with E-state index in [0.29, 0.717) is 0 Å². The number of benzene rings is 1. The summed E-state index contributed by atoms with van der Waals surface area (Å²) in [5.41, 5.74) is 1.08. The molecule has 0 aliphatic rings. The van der Waals surface area contributed by atoms with E-state index in [-0.39, 0.29) is 16.9 Å². The maximum atomic E-state index is 9.27. The van der Waals surface area contributed by atoms with Gasteiger partial charge in [-0.25, -0.2) is 0 Å². The zero-order valence-corrected chi connectivity index (χ0v) is 6.50. The zero-order chi connectivity index (χ0) is 9.14. The lowest BCUT2D eigenvalue weighted by atomic mass is 10.1. The van der Waals surface area contributed by atoms with Crippen LogP contribution in [0.3, 0.4) is 0 Å². The number of aromatic hydroxyl groups is 1. The maximum Gasteiger partial charge on any atom is 0.151 e. The number of phenolic OH excluding ortho intramolecular Hbond substituents is 1. The van der Waals surface area contributed by atoms with Gasteiger partial charge in [0.1, 0.15) is 12.1 Å². The van der Waals surface area contributed by atoms with E-state index in [0.717, 1.165) is 5.56 Å². The minimum absolute atomic E-state index is 0.145. The molecule has 0 aliphatic heterocycles. The normalized spacial score (nSPS) is 8.58. The molecule has 12 heavy (non-hydrogen) atoms. The average molecular weight is 158 g/mol. The largest absolute Gasteiger partial charge is 0.505 e. The van der Waals surface area contributed by atoms with E-state index in [1.807, 2.05) is 12.1 Å². The van der Waals surface area contributed by atoms with Gasteiger partial charge < -0.3 is 5.11 Å². The van der Waals surface area contributed by atoms with Gasteiger partial charge in [-0.3, -0.25) is 0 Å². The Morgan fingerprint density at radius 3 is 1.92 bits per heavy atom. The van der Waals surface area contributed by atoms with Crippen molar-refractivity contribution >= 4 is 0 Å². The van der Waals surface area contributed by atoms with E-state index in [1.165, 1.54) is 12.1 Å². The van der Waals surface area contributed by atoms with Gasteiger partial charge in [-0.05, 0) is 24.6 Å². The van der Waals surface area contributed by atoms with Gasteiger partial charge in [0.05, 0.1) is 11.1 Å². The van der Waals surface area contributed by atoms with E-state index in [1.54, 1.807) is 6.92 Å². The molecule has 0 fully saturated rings. The Labute approximate surface area is 70.1 Å². The highest BCUT2D eigenvalue weighted by Gasteiger charge is 2.06. The second-order valence-electron chi connectivity index (χ2n) is 2.43. The predicted octanol–water partition coefficient (Wildman–Crippen LogP) is 1.44. The molecule has 0 spiro atoms. The Hall–Kier alpha value is -2.00. The van der Waals surface area contributed by atoms with Gasteiger partial charge >= 0.3 is 0 Å². The van der Waals surface area contributed by atoms with Crippen molar-refractivity contribution in [1.29, 1.82) is 10.5 Å². The smallest absolute Gasteiger partial charge is 0.151 e. The maximum absolute atomic E-state index is 9.27. The summed E-state index contributed by atoms with van der Waals surface area (Å²) in [5, 5.41) is 26.4. The summed E-state index contributed by atoms with van der Waals surface area (Å²) in [6, 6.07) is 6.70. The van der Waals surface area contributed by atoms with Crippen molar-refractivity contribution in [2.24, 2.45) is 0 Å². The number of nitriles is 2. The summed E-state index contributed by atoms with van der Waals surface area (Å²) in [4.78, 5) is 0. The predicted molar refractivity (Wildman–Crippen MR) is 42.3 cm³/mol. The molecule has 3 heteroatoms. The fourth-order valence-electron chi connectivity index (χ4n) is 0.949. The second kappa shape index (κ2) is 2.94. The van der Waals surface area contributed by atoms with Crippen molar-refractivity contribution in [2.45, 2.75) is 6.92 Å². The molecule has 0 aliphatic carbocycles. The van der Waals surface area contributed by atoms with Crippen LogP contribution in [-0.2, 0) is 0 Å². The summed E-state index contributed by atoms with van der Waals surface area (Å²) in [5.74, 6) is -0.231. The number of nitrogens with zero attached hydrogens (tertiary/aromatic N) is 2. The average Bonchev–Trinajstić information content (AvgIpc) is 2.08. The van der Waals surface area contributed by atoms with Crippen LogP contribution < -0.4 is 0 Å². The lowest BCUT2D eigenvalue weighted by Crippen LogP contribution is -1.84. The molecule has 0 saturated carbocycles. The Morgan fingerprint density at radius 2 is 1.58 bits per heavy atom. The molecule has 0 aromatic heterocycles. The van der Waals surface area contributed by atoms with Crippen molar-refractivity contribution < 1.29 is 5.11 Å². The molecule has 1 N–H and O–H groups in total. The summed E-state index contributed by atoms with van der Waals surface area (Å²) < 4.78 is 0. The standard InChI is InChI=1S/C9H6N2O/c1-6-2-7(4-10)9(12)8(3-6)5-11/h2-3,12H,1H3. The quantitative estimate of drug-likeness (QED) is 0.621. The van der Waals surface area contributed by atoms with Crippen LogP contribution in [0.25, 0.3) is 0 Å². The summed E-state index contributed by atoms with van der Waals surface area (Å²) in [6.07, 6.45) is 0. The number of aryl methyl sites for hydroxylation is 1. The van der Waals surface area contributed by atoms with Gasteiger partial charge in [0.25, 0.3) is 0 Å². The topological polar surface area (TPSA) is 67.8 Å². The summed E-state index contributed by atoms with van der Waals surface area (Å²) in [7, 11) is 0. The second-order valence-corrected chi connectivity index (χ2v) is 2.43. The SMILES string of the molecule is Cc1cc(C#N)c(O)c(C#N)c1. The fourth-order valence-corrected chi connectivity index (χ4v) is 0.949. The Morgan fingerprint density at radius 1 is 1.17 bits per heavy atom. The van der Waals surface area contributed by atoms with Gasteiger partial charge in [0.2, 0.25) is 0 Å². The number of rotatable bonds is 0.